The van der Waals surface area contributed by atoms with Gasteiger partial charge in [-0.25, -0.2) is 0 Å². The second-order valence-corrected chi connectivity index (χ2v) is 27.1. The van der Waals surface area contributed by atoms with Crippen molar-refractivity contribution in [2.24, 2.45) is 41.4 Å². The van der Waals surface area contributed by atoms with Gasteiger partial charge in [0.1, 0.15) is 0 Å². The van der Waals surface area contributed by atoms with E-state index >= 15 is 0 Å². The highest BCUT2D eigenvalue weighted by Crippen LogP contribution is 2.23. The molecule has 1 aliphatic heterocycles. The van der Waals surface area contributed by atoms with E-state index in [0.29, 0.717) is 89.9 Å². The van der Waals surface area contributed by atoms with Crippen LogP contribution in [0.2, 0.25) is 0 Å². The number of hydrogen-bond acceptors (Lipinski definition) is 12. The Bertz CT molecular complexity index is 1400. The molecule has 1 aliphatic rings. The number of likely N-dealkylation sites (N-methyl/N-ethyl adjacent to an activating group) is 7. The lowest BCUT2D eigenvalue weighted by molar-refractivity contribution is 0.00663. The van der Waals surface area contributed by atoms with Crippen LogP contribution in [0.25, 0.3) is 0 Å². The Morgan fingerprint density at radius 1 is 0.473 bits per heavy atom. The summed E-state index contributed by atoms with van der Waals surface area (Å²) >= 11 is 0. The molecule has 12 unspecified atom stereocenters. The van der Waals surface area contributed by atoms with Gasteiger partial charge in [0.05, 0.1) is 6.10 Å². The van der Waals surface area contributed by atoms with Gasteiger partial charge in [-0.2, -0.15) is 0 Å². The van der Waals surface area contributed by atoms with Crippen molar-refractivity contribution in [1.82, 2.24) is 55.6 Å². The van der Waals surface area contributed by atoms with E-state index in [9.17, 15) is 5.11 Å². The lowest BCUT2D eigenvalue weighted by Crippen LogP contribution is -2.57. The number of rotatable bonds is 15. The zero-order chi connectivity index (χ0) is 56.4. The first-order chi connectivity index (χ1) is 34.6. The van der Waals surface area contributed by atoms with Crippen molar-refractivity contribution in [1.29, 1.82) is 0 Å². The van der Waals surface area contributed by atoms with Crippen LogP contribution in [0.5, 0.6) is 0 Å². The van der Waals surface area contributed by atoms with Crippen LogP contribution in [0.1, 0.15) is 156 Å². The maximum Gasteiger partial charge on any atom is 0.0736 e. The molecule has 0 bridgehead atoms. The highest BCUT2D eigenvalue weighted by atomic mass is 16.3. The fourth-order valence-corrected chi connectivity index (χ4v) is 11.7. The number of nitrogens with one attached hydrogen (secondary N) is 4. The molecule has 1 rings (SSSR count). The maximum atomic E-state index is 12.2. The molecule has 0 aromatic rings. The van der Waals surface area contributed by atoms with Gasteiger partial charge < -0.3 is 55.8 Å². The van der Waals surface area contributed by atoms with Crippen molar-refractivity contribution in [3.8, 4) is 0 Å². The fraction of sp³-hybridized carbons (Fsp3) is 0.968. The molecule has 0 saturated carbocycles. The van der Waals surface area contributed by atoms with Crippen LogP contribution in [0.3, 0.4) is 0 Å². The van der Waals surface area contributed by atoms with Gasteiger partial charge in [0.15, 0.2) is 0 Å². The first kappa shape index (κ1) is 71.3. The molecule has 0 amide bonds. The lowest BCUT2D eigenvalue weighted by atomic mass is 9.92. The second kappa shape index (κ2) is 38.0. The summed E-state index contributed by atoms with van der Waals surface area (Å²) in [6.07, 6.45) is 10.5. The quantitative estimate of drug-likeness (QED) is 0.102. The van der Waals surface area contributed by atoms with Crippen molar-refractivity contribution in [2.75, 3.05) is 128 Å². The summed E-state index contributed by atoms with van der Waals surface area (Å²) in [6.45, 7) is 51.9. The van der Waals surface area contributed by atoms with Gasteiger partial charge in [0.2, 0.25) is 0 Å². The predicted molar refractivity (Wildman–Crippen MR) is 327 cm³/mol. The Kier molecular flexibility index (Phi) is 36.6. The van der Waals surface area contributed by atoms with E-state index in [1.807, 2.05) is 0 Å². The van der Waals surface area contributed by atoms with Crippen molar-refractivity contribution >= 4 is 0 Å². The van der Waals surface area contributed by atoms with Gasteiger partial charge in [-0.05, 0) is 150 Å². The summed E-state index contributed by atoms with van der Waals surface area (Å²) in [5.41, 5.74) is 0. The van der Waals surface area contributed by atoms with Gasteiger partial charge in [-0.3, -0.25) is 4.90 Å². The highest BCUT2D eigenvalue weighted by Gasteiger charge is 2.34. The molecule has 1 fully saturated rings. The lowest BCUT2D eigenvalue weighted by Gasteiger charge is -2.43. The number of hydrogen-bond donors (Lipinski definition) is 5. The minimum absolute atomic E-state index is 0.00793. The molecule has 5 N–H and O–H groups in total. The Morgan fingerprint density at radius 3 is 1.46 bits per heavy atom. The van der Waals surface area contributed by atoms with Crippen LogP contribution in [-0.4, -0.2) is 234 Å². The molecular formula is C62H133N11O. The summed E-state index contributed by atoms with van der Waals surface area (Å²) in [5, 5.41) is 28.4. The molecule has 0 spiro atoms. The van der Waals surface area contributed by atoms with Crippen molar-refractivity contribution in [3.63, 3.8) is 0 Å². The Labute approximate surface area is 463 Å². The Balaban J connectivity index is 3.72. The molecule has 0 aromatic heterocycles. The molecule has 442 valence electrons. The largest absolute Gasteiger partial charge is 0.391 e. The summed E-state index contributed by atoms with van der Waals surface area (Å²) in [7, 11) is 16.5. The third-order valence-corrected chi connectivity index (χ3v) is 17.0. The van der Waals surface area contributed by atoms with Crippen LogP contribution in [0.15, 0.2) is 12.2 Å². The Hall–Kier alpha value is -0.740. The standard InChI is InChI=1S/C62H133N11O/c1-25-27-28-51(15)62(74)60-38-65-54(26-2)40-67(18)29-30-68(19)55(31-45(3)4)37-66-59(49(11)12)43-71(22)56(32-46(5)6)36-64-52(16)35-63-53(17)39-69(20)57(33-47(7)8)41-70(21)58(34-48(9)10)42-72(23)61(50(13)14)44-73(60)24/h25,27,45-66,74H,26,28-44H2,1-24H3. The minimum Gasteiger partial charge on any atom is -0.391 e. The molecule has 12 heteroatoms. The normalized spacial score (nSPS) is 31.0. The molecule has 0 aromatic carbocycles. The summed E-state index contributed by atoms with van der Waals surface area (Å²) in [4.78, 5) is 18.4. The third-order valence-electron chi connectivity index (χ3n) is 17.0. The van der Waals surface area contributed by atoms with Crippen LogP contribution in [0.4, 0.5) is 0 Å². The molecule has 1 saturated heterocycles. The summed E-state index contributed by atoms with van der Waals surface area (Å²) in [5.74, 6) is 3.64. The van der Waals surface area contributed by atoms with Crippen molar-refractivity contribution in [3.05, 3.63) is 12.2 Å². The first-order valence-corrected chi connectivity index (χ1v) is 30.7. The monoisotopic (exact) mass is 1050 g/mol. The molecule has 1 heterocycles. The molecule has 0 radical (unpaired) electrons. The SMILES string of the molecule is CC=CCC(C)C(O)C1CNC(CC)CN(C)CCN(C)C(CC(C)C)CNC(C(C)C)CN(C)C(CC(C)C)CNC(C)CNC(C)CN(C)C(CC(C)C)CN(C)C(CC(C)C)CN(C)C(C(C)C)CN1C. The van der Waals surface area contributed by atoms with Crippen LogP contribution in [0, 0.1) is 41.4 Å². The first-order valence-electron chi connectivity index (χ1n) is 30.7. The van der Waals surface area contributed by atoms with Gasteiger partial charge >= 0.3 is 0 Å². The molecule has 74 heavy (non-hydrogen) atoms. The number of allylic oxidation sites excluding steroid dienone is 2. The number of aliphatic hydroxyl groups excluding tert-OH is 1. The number of aliphatic hydroxyl groups is 1. The minimum atomic E-state index is -0.450. The smallest absolute Gasteiger partial charge is 0.0736 e. The topological polar surface area (TPSA) is 91.0 Å². The zero-order valence-corrected chi connectivity index (χ0v) is 53.9. The maximum absolute atomic E-state index is 12.2. The van der Waals surface area contributed by atoms with E-state index in [2.05, 4.69) is 235 Å². The average Bonchev–Trinajstić information content (AvgIpc) is 3.30. The zero-order valence-electron chi connectivity index (χ0n) is 53.9. The van der Waals surface area contributed by atoms with E-state index in [0.717, 1.165) is 91.4 Å². The van der Waals surface area contributed by atoms with Crippen molar-refractivity contribution < 1.29 is 5.11 Å². The van der Waals surface area contributed by atoms with Crippen LogP contribution < -0.4 is 21.3 Å². The fourth-order valence-electron chi connectivity index (χ4n) is 11.7. The van der Waals surface area contributed by atoms with Crippen molar-refractivity contribution in [2.45, 2.75) is 223 Å². The average molecular weight is 1050 g/mol. The van der Waals surface area contributed by atoms with E-state index in [1.165, 1.54) is 25.7 Å². The van der Waals surface area contributed by atoms with Crippen LogP contribution in [-0.2, 0) is 0 Å². The molecular weight excluding hydrogens is 915 g/mol. The second-order valence-electron chi connectivity index (χ2n) is 27.1. The Morgan fingerprint density at radius 2 is 0.946 bits per heavy atom. The molecule has 12 nitrogen and oxygen atoms in total. The van der Waals surface area contributed by atoms with Gasteiger partial charge in [-0.15, -0.1) is 0 Å². The van der Waals surface area contributed by atoms with E-state index in [-0.39, 0.29) is 12.0 Å². The summed E-state index contributed by atoms with van der Waals surface area (Å²) < 4.78 is 0. The van der Waals surface area contributed by atoms with E-state index in [1.54, 1.807) is 0 Å². The van der Waals surface area contributed by atoms with Gasteiger partial charge in [-0.1, -0.05) is 109 Å². The van der Waals surface area contributed by atoms with Gasteiger partial charge in [0.25, 0.3) is 0 Å². The van der Waals surface area contributed by atoms with E-state index in [4.69, 9.17) is 0 Å². The number of nitrogens with zero attached hydrogens (tertiary/aromatic N) is 7. The molecule has 0 aliphatic carbocycles. The van der Waals surface area contributed by atoms with Crippen LogP contribution >= 0.6 is 0 Å². The summed E-state index contributed by atoms with van der Waals surface area (Å²) in [6, 6.07) is 3.69. The molecule has 12 atom stereocenters. The predicted octanol–water partition coefficient (Wildman–Crippen LogP) is 8.48. The highest BCUT2D eigenvalue weighted by molar-refractivity contribution is 4.92. The third kappa shape index (κ3) is 28.9. The van der Waals surface area contributed by atoms with Gasteiger partial charge in [0, 0.05) is 139 Å². The van der Waals surface area contributed by atoms with E-state index < -0.39 is 6.10 Å².